The summed E-state index contributed by atoms with van der Waals surface area (Å²) in [5.74, 6) is -0.00121. The van der Waals surface area contributed by atoms with Crippen molar-refractivity contribution in [1.29, 1.82) is 0 Å². The number of thioether (sulfide) groups is 1. The van der Waals surface area contributed by atoms with Gasteiger partial charge in [-0.2, -0.15) is 0 Å². The highest BCUT2D eigenvalue weighted by Crippen LogP contribution is 2.35. The van der Waals surface area contributed by atoms with Gasteiger partial charge >= 0.3 is 0 Å². The summed E-state index contributed by atoms with van der Waals surface area (Å²) in [6, 6.07) is 13.0. The van der Waals surface area contributed by atoms with Gasteiger partial charge in [0.15, 0.2) is 5.17 Å². The number of aliphatic imine (C=N–C) groups is 1. The molecule has 0 aromatic heterocycles. The topological polar surface area (TPSA) is 52.9 Å². The maximum Gasteiger partial charge on any atom is 0.266 e. The summed E-state index contributed by atoms with van der Waals surface area (Å²) in [6.45, 7) is 1.90. The number of carbonyl (C=O) groups is 1. The average Bonchev–Trinajstić information content (AvgIpc) is 2.78. The molecular formula is C18H15BrN2O2S. The molecule has 1 saturated heterocycles. The summed E-state index contributed by atoms with van der Waals surface area (Å²) in [5, 5.41) is 10.5. The molecule has 0 saturated carbocycles. The minimum absolute atomic E-state index is 0.105. The van der Waals surface area contributed by atoms with Crippen molar-refractivity contribution in [3.8, 4) is 5.75 Å². The Bertz CT molecular complexity index is 877. The van der Waals surface area contributed by atoms with Gasteiger partial charge in [0.05, 0.1) is 4.91 Å². The molecule has 3 rings (SSSR count). The molecule has 0 atom stereocenters. The molecule has 1 fully saturated rings. The SMILES string of the molecule is Cc1ccc(N=C2S/C(=C\c3cccc(Br)c3)C(=O)N2C)c(O)c1. The first-order chi connectivity index (χ1) is 11.4. The van der Waals surface area contributed by atoms with Crippen molar-refractivity contribution in [2.24, 2.45) is 4.99 Å². The predicted octanol–water partition coefficient (Wildman–Crippen LogP) is 4.70. The zero-order valence-corrected chi connectivity index (χ0v) is 15.6. The normalized spacial score (nSPS) is 18.0. The molecule has 0 aliphatic carbocycles. The summed E-state index contributed by atoms with van der Waals surface area (Å²) in [5.41, 5.74) is 2.34. The van der Waals surface area contributed by atoms with E-state index in [1.165, 1.54) is 16.7 Å². The lowest BCUT2D eigenvalue weighted by molar-refractivity contribution is -0.121. The molecule has 0 bridgehead atoms. The van der Waals surface area contributed by atoms with Gasteiger partial charge in [0.1, 0.15) is 11.4 Å². The van der Waals surface area contributed by atoms with Crippen molar-refractivity contribution in [2.45, 2.75) is 6.92 Å². The van der Waals surface area contributed by atoms with Crippen molar-refractivity contribution in [3.63, 3.8) is 0 Å². The molecule has 122 valence electrons. The maximum absolute atomic E-state index is 12.4. The van der Waals surface area contributed by atoms with Crippen LogP contribution in [0.15, 0.2) is 56.8 Å². The third-order valence-corrected chi connectivity index (χ3v) is 5.05. The van der Waals surface area contributed by atoms with Gasteiger partial charge in [-0.3, -0.25) is 9.69 Å². The maximum atomic E-state index is 12.4. The fraction of sp³-hybridized carbons (Fsp3) is 0.111. The molecule has 1 aliphatic heterocycles. The first kappa shape index (κ1) is 16.8. The van der Waals surface area contributed by atoms with Gasteiger partial charge in [-0.1, -0.05) is 34.1 Å². The van der Waals surface area contributed by atoms with Crippen LogP contribution in [0.5, 0.6) is 5.75 Å². The summed E-state index contributed by atoms with van der Waals surface area (Å²) in [4.78, 5) is 18.9. The van der Waals surface area contributed by atoms with E-state index in [0.29, 0.717) is 15.8 Å². The highest BCUT2D eigenvalue weighted by Gasteiger charge is 2.30. The summed E-state index contributed by atoms with van der Waals surface area (Å²) in [7, 11) is 1.68. The zero-order valence-electron chi connectivity index (χ0n) is 13.2. The Kier molecular flexibility index (Phi) is 4.78. The number of amides is 1. The summed E-state index contributed by atoms with van der Waals surface area (Å²) >= 11 is 4.72. The molecule has 2 aromatic carbocycles. The molecule has 0 radical (unpaired) electrons. The minimum atomic E-state index is -0.106. The molecule has 1 aliphatic rings. The molecular weight excluding hydrogens is 388 g/mol. The lowest BCUT2D eigenvalue weighted by Crippen LogP contribution is -2.23. The van der Waals surface area contributed by atoms with Crippen LogP contribution >= 0.6 is 27.7 Å². The van der Waals surface area contributed by atoms with Crippen molar-refractivity contribution in [2.75, 3.05) is 7.05 Å². The molecule has 1 N–H and O–H groups in total. The number of rotatable bonds is 2. The molecule has 1 heterocycles. The second-order valence-corrected chi connectivity index (χ2v) is 7.34. The van der Waals surface area contributed by atoms with Crippen LogP contribution in [0.25, 0.3) is 6.08 Å². The average molecular weight is 403 g/mol. The second kappa shape index (κ2) is 6.83. The van der Waals surface area contributed by atoms with E-state index < -0.39 is 0 Å². The molecule has 2 aromatic rings. The molecule has 0 spiro atoms. The number of phenolic OH excluding ortho intramolecular Hbond substituents is 1. The Morgan fingerprint density at radius 1 is 1.25 bits per heavy atom. The van der Waals surface area contributed by atoms with E-state index in [-0.39, 0.29) is 11.7 Å². The quantitative estimate of drug-likeness (QED) is 0.740. The van der Waals surface area contributed by atoms with Gasteiger partial charge in [0, 0.05) is 11.5 Å². The van der Waals surface area contributed by atoms with E-state index >= 15 is 0 Å². The third-order valence-electron chi connectivity index (χ3n) is 3.50. The second-order valence-electron chi connectivity index (χ2n) is 5.42. The van der Waals surface area contributed by atoms with Crippen molar-refractivity contribution in [1.82, 2.24) is 4.90 Å². The number of carbonyl (C=O) groups excluding carboxylic acids is 1. The van der Waals surface area contributed by atoms with Crippen molar-refractivity contribution < 1.29 is 9.90 Å². The first-order valence-electron chi connectivity index (χ1n) is 7.25. The lowest BCUT2D eigenvalue weighted by atomic mass is 10.2. The lowest BCUT2D eigenvalue weighted by Gasteiger charge is -2.08. The Labute approximate surface area is 153 Å². The molecule has 6 heteroatoms. The predicted molar refractivity (Wildman–Crippen MR) is 102 cm³/mol. The van der Waals surface area contributed by atoms with Gasteiger partial charge in [-0.25, -0.2) is 4.99 Å². The molecule has 0 unspecified atom stereocenters. The Morgan fingerprint density at radius 2 is 2.04 bits per heavy atom. The van der Waals surface area contributed by atoms with Crippen LogP contribution in [0, 0.1) is 6.92 Å². The first-order valence-corrected chi connectivity index (χ1v) is 8.86. The van der Waals surface area contributed by atoms with E-state index in [1.807, 2.05) is 43.3 Å². The van der Waals surface area contributed by atoms with E-state index in [1.54, 1.807) is 19.2 Å². The monoisotopic (exact) mass is 402 g/mol. The van der Waals surface area contributed by atoms with E-state index in [9.17, 15) is 9.90 Å². The van der Waals surface area contributed by atoms with Gasteiger partial charge < -0.3 is 5.11 Å². The fourth-order valence-corrected chi connectivity index (χ4v) is 3.63. The number of hydrogen-bond donors (Lipinski definition) is 1. The van der Waals surface area contributed by atoms with Crippen LogP contribution in [0.2, 0.25) is 0 Å². The largest absolute Gasteiger partial charge is 0.506 e. The number of benzene rings is 2. The van der Waals surface area contributed by atoms with Gasteiger partial charge in [0.2, 0.25) is 0 Å². The van der Waals surface area contributed by atoms with Crippen LogP contribution in [0.4, 0.5) is 5.69 Å². The van der Waals surface area contributed by atoms with Gasteiger partial charge in [-0.15, -0.1) is 0 Å². The Balaban J connectivity index is 1.92. The number of aryl methyl sites for hydroxylation is 1. The standard InChI is InChI=1S/C18H15BrN2O2S/c1-11-6-7-14(15(22)8-11)20-18-21(2)17(23)16(24-18)10-12-4-3-5-13(19)9-12/h3-10,22H,1-2H3/b16-10-,20-18?. The minimum Gasteiger partial charge on any atom is -0.506 e. The van der Waals surface area contributed by atoms with Crippen LogP contribution in [-0.2, 0) is 4.79 Å². The van der Waals surface area contributed by atoms with Crippen LogP contribution in [-0.4, -0.2) is 28.1 Å². The number of aromatic hydroxyl groups is 1. The van der Waals surface area contributed by atoms with Crippen LogP contribution < -0.4 is 0 Å². The summed E-state index contributed by atoms with van der Waals surface area (Å²) < 4.78 is 0.958. The van der Waals surface area contributed by atoms with Crippen LogP contribution in [0.1, 0.15) is 11.1 Å². The van der Waals surface area contributed by atoms with Crippen LogP contribution in [0.3, 0.4) is 0 Å². The number of halogens is 1. The Hall–Kier alpha value is -2.05. The molecule has 4 nitrogen and oxygen atoms in total. The third kappa shape index (κ3) is 3.55. The van der Waals surface area contributed by atoms with Crippen molar-refractivity contribution in [3.05, 3.63) is 63.0 Å². The highest BCUT2D eigenvalue weighted by atomic mass is 79.9. The van der Waals surface area contributed by atoms with E-state index in [2.05, 4.69) is 20.9 Å². The van der Waals surface area contributed by atoms with Gasteiger partial charge in [0.25, 0.3) is 5.91 Å². The molecule has 24 heavy (non-hydrogen) atoms. The zero-order chi connectivity index (χ0) is 17.3. The fourth-order valence-electron chi connectivity index (χ4n) is 2.23. The molecule has 1 amide bonds. The van der Waals surface area contributed by atoms with E-state index in [0.717, 1.165) is 15.6 Å². The van der Waals surface area contributed by atoms with Crippen molar-refractivity contribution >= 4 is 50.5 Å². The van der Waals surface area contributed by atoms with E-state index in [4.69, 9.17) is 0 Å². The highest BCUT2D eigenvalue weighted by molar-refractivity contribution is 9.10. The van der Waals surface area contributed by atoms with Gasteiger partial charge in [-0.05, 0) is 60.2 Å². The number of amidine groups is 1. The Morgan fingerprint density at radius 3 is 2.75 bits per heavy atom. The smallest absolute Gasteiger partial charge is 0.266 e. The number of hydrogen-bond acceptors (Lipinski definition) is 4. The summed E-state index contributed by atoms with van der Waals surface area (Å²) in [6.07, 6.45) is 1.84. The number of nitrogens with zero attached hydrogens (tertiary/aromatic N) is 2. The number of phenols is 1. The number of likely N-dealkylation sites (N-methyl/N-ethyl adjacent to an activating group) is 1.